The van der Waals surface area contributed by atoms with Crippen LogP contribution in [0.25, 0.3) is 0 Å². The third kappa shape index (κ3) is 3.25. The van der Waals surface area contributed by atoms with Crippen LogP contribution < -0.4 is 0 Å². The number of ether oxygens (including phenoxy) is 1. The maximum Gasteiger partial charge on any atom is 0.0545 e. The summed E-state index contributed by atoms with van der Waals surface area (Å²) < 4.78 is 5.32. The molecule has 1 saturated heterocycles. The molecule has 0 unspecified atom stereocenters. The highest BCUT2D eigenvalue weighted by Crippen LogP contribution is 2.34. The number of hydrogen-bond donors (Lipinski definition) is 0. The van der Waals surface area contributed by atoms with Crippen LogP contribution in [0.3, 0.4) is 0 Å². The largest absolute Gasteiger partial charge is 0.380 e. The van der Waals surface area contributed by atoms with Crippen LogP contribution in [0.5, 0.6) is 0 Å². The Hall–Kier alpha value is -0.0800. The number of rotatable bonds is 6. The molecule has 0 aromatic heterocycles. The fourth-order valence-electron chi connectivity index (χ4n) is 2.06. The Balaban J connectivity index is 2.18. The second-order valence-corrected chi connectivity index (χ2v) is 5.25. The zero-order valence-corrected chi connectivity index (χ0v) is 10.2. The van der Waals surface area contributed by atoms with E-state index in [0.717, 1.165) is 19.1 Å². The molecule has 1 aliphatic heterocycles. The Labute approximate surface area is 88.6 Å². The molecule has 0 amide bonds. The van der Waals surface area contributed by atoms with Crippen LogP contribution in [-0.4, -0.2) is 38.3 Å². The van der Waals surface area contributed by atoms with Crippen molar-refractivity contribution < 1.29 is 4.74 Å². The van der Waals surface area contributed by atoms with Crippen LogP contribution in [-0.2, 0) is 4.74 Å². The molecule has 0 bridgehead atoms. The third-order valence-electron chi connectivity index (χ3n) is 3.27. The van der Waals surface area contributed by atoms with Crippen molar-refractivity contribution in [3.05, 3.63) is 0 Å². The summed E-state index contributed by atoms with van der Waals surface area (Å²) in [6, 6.07) is 0. The van der Waals surface area contributed by atoms with E-state index in [1.165, 1.54) is 25.9 Å². The SMILES string of the molecule is CCC1(CCN(C)CC(C)C)COC1. The normalized spacial score (nSPS) is 20.1. The summed E-state index contributed by atoms with van der Waals surface area (Å²) in [6.45, 7) is 11.2. The Morgan fingerprint density at radius 2 is 2.00 bits per heavy atom. The summed E-state index contributed by atoms with van der Waals surface area (Å²) in [7, 11) is 2.23. The maximum absolute atomic E-state index is 5.32. The molecule has 84 valence electrons. The molecule has 1 rings (SSSR count). The van der Waals surface area contributed by atoms with Crippen molar-refractivity contribution in [3.8, 4) is 0 Å². The summed E-state index contributed by atoms with van der Waals surface area (Å²) in [5.74, 6) is 0.773. The molecule has 0 aromatic rings. The molecule has 2 nitrogen and oxygen atoms in total. The lowest BCUT2D eigenvalue weighted by atomic mass is 9.80. The van der Waals surface area contributed by atoms with Crippen LogP contribution in [0.2, 0.25) is 0 Å². The van der Waals surface area contributed by atoms with Gasteiger partial charge in [-0.1, -0.05) is 20.8 Å². The standard InChI is InChI=1S/C12H25NO/c1-5-12(9-14-10-12)6-7-13(4)8-11(2)3/h11H,5-10H2,1-4H3. The molecule has 0 saturated carbocycles. The van der Waals surface area contributed by atoms with E-state index in [1.54, 1.807) is 0 Å². The Morgan fingerprint density at radius 3 is 2.36 bits per heavy atom. The molecule has 0 aliphatic carbocycles. The van der Waals surface area contributed by atoms with Gasteiger partial charge in [-0.3, -0.25) is 0 Å². The predicted molar refractivity (Wildman–Crippen MR) is 60.5 cm³/mol. The fraction of sp³-hybridized carbons (Fsp3) is 1.00. The lowest BCUT2D eigenvalue weighted by molar-refractivity contribution is -0.121. The van der Waals surface area contributed by atoms with Gasteiger partial charge in [0.25, 0.3) is 0 Å². The van der Waals surface area contributed by atoms with Crippen molar-refractivity contribution in [1.29, 1.82) is 0 Å². The molecule has 2 heteroatoms. The molecule has 1 fully saturated rings. The van der Waals surface area contributed by atoms with Gasteiger partial charge in [-0.25, -0.2) is 0 Å². The van der Waals surface area contributed by atoms with Crippen LogP contribution in [0.1, 0.15) is 33.6 Å². The summed E-state index contributed by atoms with van der Waals surface area (Å²) in [6.07, 6.45) is 2.56. The molecular weight excluding hydrogens is 174 g/mol. The summed E-state index contributed by atoms with van der Waals surface area (Å²) in [4.78, 5) is 2.44. The molecule has 0 N–H and O–H groups in total. The van der Waals surface area contributed by atoms with E-state index in [4.69, 9.17) is 4.74 Å². The van der Waals surface area contributed by atoms with Gasteiger partial charge in [0.05, 0.1) is 13.2 Å². The monoisotopic (exact) mass is 199 g/mol. The van der Waals surface area contributed by atoms with E-state index in [0.29, 0.717) is 5.41 Å². The van der Waals surface area contributed by atoms with Crippen LogP contribution in [0.4, 0.5) is 0 Å². The van der Waals surface area contributed by atoms with Gasteiger partial charge in [0.2, 0.25) is 0 Å². The van der Waals surface area contributed by atoms with Crippen LogP contribution in [0, 0.1) is 11.3 Å². The Morgan fingerprint density at radius 1 is 1.36 bits per heavy atom. The quantitative estimate of drug-likeness (QED) is 0.651. The molecule has 1 heterocycles. The van der Waals surface area contributed by atoms with E-state index in [-0.39, 0.29) is 0 Å². The predicted octanol–water partition coefficient (Wildman–Crippen LogP) is 2.39. The Kier molecular flexibility index (Phi) is 4.39. The van der Waals surface area contributed by atoms with Crippen molar-refractivity contribution in [2.45, 2.75) is 33.6 Å². The first-order valence-electron chi connectivity index (χ1n) is 5.84. The fourth-order valence-corrected chi connectivity index (χ4v) is 2.06. The van der Waals surface area contributed by atoms with Gasteiger partial charge in [0, 0.05) is 12.0 Å². The summed E-state index contributed by atoms with van der Waals surface area (Å²) in [5.41, 5.74) is 0.519. The second kappa shape index (κ2) is 5.13. The van der Waals surface area contributed by atoms with E-state index in [9.17, 15) is 0 Å². The molecule has 0 spiro atoms. The van der Waals surface area contributed by atoms with Crippen molar-refractivity contribution in [3.63, 3.8) is 0 Å². The molecular formula is C12H25NO. The Bertz CT molecular complexity index is 158. The van der Waals surface area contributed by atoms with Gasteiger partial charge in [0.15, 0.2) is 0 Å². The van der Waals surface area contributed by atoms with Gasteiger partial charge in [0.1, 0.15) is 0 Å². The summed E-state index contributed by atoms with van der Waals surface area (Å²) in [5, 5.41) is 0. The van der Waals surface area contributed by atoms with E-state index < -0.39 is 0 Å². The molecule has 0 aromatic carbocycles. The van der Waals surface area contributed by atoms with Crippen molar-refractivity contribution in [1.82, 2.24) is 4.90 Å². The lowest BCUT2D eigenvalue weighted by Crippen LogP contribution is -2.44. The third-order valence-corrected chi connectivity index (χ3v) is 3.27. The molecule has 0 radical (unpaired) electrons. The zero-order valence-electron chi connectivity index (χ0n) is 10.2. The highest BCUT2D eigenvalue weighted by Gasteiger charge is 2.36. The van der Waals surface area contributed by atoms with Gasteiger partial charge in [-0.15, -0.1) is 0 Å². The van der Waals surface area contributed by atoms with Crippen LogP contribution >= 0.6 is 0 Å². The van der Waals surface area contributed by atoms with Gasteiger partial charge >= 0.3 is 0 Å². The first-order chi connectivity index (χ1) is 6.58. The van der Waals surface area contributed by atoms with Crippen LogP contribution in [0.15, 0.2) is 0 Å². The number of hydrogen-bond acceptors (Lipinski definition) is 2. The minimum absolute atomic E-state index is 0.519. The maximum atomic E-state index is 5.32. The van der Waals surface area contributed by atoms with Gasteiger partial charge in [-0.05, 0) is 32.4 Å². The average Bonchev–Trinajstić information content (AvgIpc) is 2.01. The van der Waals surface area contributed by atoms with Crippen molar-refractivity contribution >= 4 is 0 Å². The molecule has 0 atom stereocenters. The second-order valence-electron chi connectivity index (χ2n) is 5.25. The highest BCUT2D eigenvalue weighted by molar-refractivity contribution is 4.84. The average molecular weight is 199 g/mol. The van der Waals surface area contributed by atoms with E-state index in [2.05, 4.69) is 32.7 Å². The van der Waals surface area contributed by atoms with Crippen molar-refractivity contribution in [2.75, 3.05) is 33.4 Å². The molecule has 1 aliphatic rings. The first kappa shape index (κ1) is 12.0. The van der Waals surface area contributed by atoms with E-state index in [1.807, 2.05) is 0 Å². The van der Waals surface area contributed by atoms with Crippen molar-refractivity contribution in [2.24, 2.45) is 11.3 Å². The number of nitrogens with zero attached hydrogens (tertiary/aromatic N) is 1. The zero-order chi connectivity index (χ0) is 10.6. The first-order valence-corrected chi connectivity index (χ1v) is 5.84. The minimum Gasteiger partial charge on any atom is -0.380 e. The lowest BCUT2D eigenvalue weighted by Gasteiger charge is -2.42. The highest BCUT2D eigenvalue weighted by atomic mass is 16.5. The smallest absolute Gasteiger partial charge is 0.0545 e. The minimum atomic E-state index is 0.519. The van der Waals surface area contributed by atoms with Gasteiger partial charge in [-0.2, -0.15) is 0 Å². The summed E-state index contributed by atoms with van der Waals surface area (Å²) >= 11 is 0. The topological polar surface area (TPSA) is 12.5 Å². The molecule has 14 heavy (non-hydrogen) atoms. The van der Waals surface area contributed by atoms with E-state index >= 15 is 0 Å². The van der Waals surface area contributed by atoms with Gasteiger partial charge < -0.3 is 9.64 Å².